The number of hydrogen-bond donors (Lipinski definition) is 1. The molecule has 3 nitrogen and oxygen atoms in total. The summed E-state index contributed by atoms with van der Waals surface area (Å²) < 4.78 is 0. The summed E-state index contributed by atoms with van der Waals surface area (Å²) in [5.74, 6) is 0.271. The number of unbranched alkanes of at least 4 members (excludes halogenated alkanes) is 2. The fourth-order valence-corrected chi connectivity index (χ4v) is 2.24. The van der Waals surface area contributed by atoms with Gasteiger partial charge in [0.2, 0.25) is 5.91 Å². The minimum Gasteiger partial charge on any atom is -0.326 e. The van der Waals surface area contributed by atoms with Crippen molar-refractivity contribution in [3.05, 3.63) is 29.3 Å². The van der Waals surface area contributed by atoms with Crippen molar-refractivity contribution < 1.29 is 9.59 Å². The Labute approximate surface area is 108 Å². The molecule has 96 valence electrons. The third-order valence-corrected chi connectivity index (χ3v) is 3.33. The van der Waals surface area contributed by atoms with Crippen LogP contribution in [0.3, 0.4) is 0 Å². The molecule has 0 aromatic heterocycles. The summed E-state index contributed by atoms with van der Waals surface area (Å²) >= 11 is 0. The number of aryl methyl sites for hydroxylation is 1. The SMILES string of the molecule is CCCCCC(=O)c1ccc2c(c1)CCC(=O)N2. The van der Waals surface area contributed by atoms with E-state index < -0.39 is 0 Å². The van der Waals surface area contributed by atoms with Crippen molar-refractivity contribution in [2.24, 2.45) is 0 Å². The molecule has 1 heterocycles. The van der Waals surface area contributed by atoms with E-state index in [2.05, 4.69) is 12.2 Å². The van der Waals surface area contributed by atoms with Gasteiger partial charge < -0.3 is 5.32 Å². The molecule has 1 aromatic rings. The van der Waals surface area contributed by atoms with E-state index in [0.29, 0.717) is 12.8 Å². The monoisotopic (exact) mass is 245 g/mol. The fraction of sp³-hybridized carbons (Fsp3) is 0.467. The highest BCUT2D eigenvalue weighted by atomic mass is 16.1. The van der Waals surface area contributed by atoms with Gasteiger partial charge in [-0.15, -0.1) is 0 Å². The first-order valence-electron chi connectivity index (χ1n) is 6.66. The van der Waals surface area contributed by atoms with E-state index in [1.54, 1.807) is 0 Å². The molecule has 1 aliphatic heterocycles. The number of rotatable bonds is 5. The molecular formula is C15H19NO2. The average Bonchev–Trinajstić information content (AvgIpc) is 2.38. The zero-order valence-corrected chi connectivity index (χ0v) is 10.8. The predicted molar refractivity (Wildman–Crippen MR) is 71.9 cm³/mol. The first-order valence-corrected chi connectivity index (χ1v) is 6.66. The van der Waals surface area contributed by atoms with E-state index in [9.17, 15) is 9.59 Å². The van der Waals surface area contributed by atoms with E-state index in [-0.39, 0.29) is 11.7 Å². The summed E-state index contributed by atoms with van der Waals surface area (Å²) in [4.78, 5) is 23.2. The molecule has 0 radical (unpaired) electrons. The van der Waals surface area contributed by atoms with Crippen LogP contribution in [0.1, 0.15) is 54.9 Å². The quantitative estimate of drug-likeness (QED) is 0.639. The highest BCUT2D eigenvalue weighted by Crippen LogP contribution is 2.24. The number of carbonyl (C=O) groups is 2. The number of hydrogen-bond acceptors (Lipinski definition) is 2. The molecule has 0 saturated heterocycles. The third kappa shape index (κ3) is 2.97. The average molecular weight is 245 g/mol. The molecular weight excluding hydrogens is 226 g/mol. The Morgan fingerprint density at radius 1 is 1.28 bits per heavy atom. The third-order valence-electron chi connectivity index (χ3n) is 3.33. The summed E-state index contributed by atoms with van der Waals surface area (Å²) in [7, 11) is 0. The number of amides is 1. The normalized spacial score (nSPS) is 13.9. The predicted octanol–water partition coefficient (Wildman–Crippen LogP) is 3.33. The standard InChI is InChI=1S/C15H19NO2/c1-2-3-4-5-14(17)12-6-8-13-11(10-12)7-9-15(18)16-13/h6,8,10H,2-5,7,9H2,1H3,(H,16,18). The summed E-state index contributed by atoms with van der Waals surface area (Å²) in [5.41, 5.74) is 2.72. The Bertz CT molecular complexity index is 466. The molecule has 18 heavy (non-hydrogen) atoms. The maximum Gasteiger partial charge on any atom is 0.224 e. The van der Waals surface area contributed by atoms with Gasteiger partial charge in [-0.05, 0) is 36.6 Å². The van der Waals surface area contributed by atoms with Crippen LogP contribution in [0.5, 0.6) is 0 Å². The van der Waals surface area contributed by atoms with Gasteiger partial charge in [0.15, 0.2) is 5.78 Å². The van der Waals surface area contributed by atoms with Gasteiger partial charge in [-0.25, -0.2) is 0 Å². The molecule has 1 aliphatic rings. The van der Waals surface area contributed by atoms with Crippen molar-refractivity contribution >= 4 is 17.4 Å². The van der Waals surface area contributed by atoms with Crippen molar-refractivity contribution in [1.82, 2.24) is 0 Å². The van der Waals surface area contributed by atoms with E-state index >= 15 is 0 Å². The molecule has 1 aromatic carbocycles. The topological polar surface area (TPSA) is 46.2 Å². The highest BCUT2D eigenvalue weighted by molar-refractivity contribution is 5.98. The van der Waals surface area contributed by atoms with E-state index in [1.165, 1.54) is 0 Å². The molecule has 1 N–H and O–H groups in total. The Kier molecular flexibility index (Phi) is 4.13. The Morgan fingerprint density at radius 3 is 2.89 bits per heavy atom. The largest absolute Gasteiger partial charge is 0.326 e. The van der Waals surface area contributed by atoms with Crippen LogP contribution in [0.25, 0.3) is 0 Å². The Balaban J connectivity index is 2.06. The molecule has 0 aliphatic carbocycles. The number of carbonyl (C=O) groups excluding carboxylic acids is 2. The number of fused-ring (bicyclic) bond motifs is 1. The van der Waals surface area contributed by atoms with Crippen molar-refractivity contribution in [3.8, 4) is 0 Å². The van der Waals surface area contributed by atoms with Gasteiger partial charge in [0, 0.05) is 24.1 Å². The summed E-state index contributed by atoms with van der Waals surface area (Å²) in [6.45, 7) is 2.13. The summed E-state index contributed by atoms with van der Waals surface area (Å²) in [6.07, 6.45) is 5.07. The number of benzene rings is 1. The van der Waals surface area contributed by atoms with Crippen LogP contribution in [0.4, 0.5) is 5.69 Å². The van der Waals surface area contributed by atoms with Crippen molar-refractivity contribution in [1.29, 1.82) is 0 Å². The first-order chi connectivity index (χ1) is 8.70. The van der Waals surface area contributed by atoms with Crippen molar-refractivity contribution in [2.45, 2.75) is 45.4 Å². The zero-order chi connectivity index (χ0) is 13.0. The molecule has 0 unspecified atom stereocenters. The van der Waals surface area contributed by atoms with E-state index in [1.807, 2.05) is 18.2 Å². The molecule has 0 bridgehead atoms. The lowest BCUT2D eigenvalue weighted by Crippen LogP contribution is -2.19. The van der Waals surface area contributed by atoms with Crippen LogP contribution >= 0.6 is 0 Å². The molecule has 0 saturated carbocycles. The zero-order valence-electron chi connectivity index (χ0n) is 10.8. The number of ketones is 1. The molecule has 1 amide bonds. The van der Waals surface area contributed by atoms with Gasteiger partial charge in [0.05, 0.1) is 0 Å². The molecule has 0 atom stereocenters. The van der Waals surface area contributed by atoms with Gasteiger partial charge >= 0.3 is 0 Å². The molecule has 0 spiro atoms. The second-order valence-corrected chi connectivity index (χ2v) is 4.80. The van der Waals surface area contributed by atoms with Crippen LogP contribution in [0.2, 0.25) is 0 Å². The molecule has 3 heteroatoms. The van der Waals surface area contributed by atoms with Crippen molar-refractivity contribution in [3.63, 3.8) is 0 Å². The highest BCUT2D eigenvalue weighted by Gasteiger charge is 2.16. The number of anilines is 1. The Hall–Kier alpha value is -1.64. The molecule has 2 rings (SSSR count). The number of nitrogens with one attached hydrogen (secondary N) is 1. The lowest BCUT2D eigenvalue weighted by atomic mass is 9.97. The van der Waals surface area contributed by atoms with E-state index in [0.717, 1.165) is 42.5 Å². The smallest absolute Gasteiger partial charge is 0.224 e. The van der Waals surface area contributed by atoms with Gasteiger partial charge in [-0.1, -0.05) is 19.8 Å². The van der Waals surface area contributed by atoms with Crippen LogP contribution in [0, 0.1) is 0 Å². The fourth-order valence-electron chi connectivity index (χ4n) is 2.24. The summed E-state index contributed by atoms with van der Waals surface area (Å²) in [6, 6.07) is 5.60. The minimum absolute atomic E-state index is 0.0597. The van der Waals surface area contributed by atoms with Gasteiger partial charge in [0.25, 0.3) is 0 Å². The van der Waals surface area contributed by atoms with Gasteiger partial charge in [-0.3, -0.25) is 9.59 Å². The van der Waals surface area contributed by atoms with Crippen LogP contribution < -0.4 is 5.32 Å². The lowest BCUT2D eigenvalue weighted by molar-refractivity contribution is -0.116. The van der Waals surface area contributed by atoms with Crippen LogP contribution in [-0.4, -0.2) is 11.7 Å². The minimum atomic E-state index is 0.0597. The van der Waals surface area contributed by atoms with Crippen LogP contribution in [-0.2, 0) is 11.2 Å². The van der Waals surface area contributed by atoms with Crippen LogP contribution in [0.15, 0.2) is 18.2 Å². The summed E-state index contributed by atoms with van der Waals surface area (Å²) in [5, 5.41) is 2.83. The Morgan fingerprint density at radius 2 is 2.11 bits per heavy atom. The maximum absolute atomic E-state index is 12.0. The first kappa shape index (κ1) is 12.8. The van der Waals surface area contributed by atoms with E-state index in [4.69, 9.17) is 0 Å². The van der Waals surface area contributed by atoms with Gasteiger partial charge in [-0.2, -0.15) is 0 Å². The second-order valence-electron chi connectivity index (χ2n) is 4.80. The molecule has 0 fully saturated rings. The second kappa shape index (κ2) is 5.80. The lowest BCUT2D eigenvalue weighted by Gasteiger charge is -2.17. The number of Topliss-reactive ketones (excluding diaryl/α,β-unsaturated/α-hetero) is 1. The van der Waals surface area contributed by atoms with Crippen molar-refractivity contribution in [2.75, 3.05) is 5.32 Å². The maximum atomic E-state index is 12.0. The van der Waals surface area contributed by atoms with Gasteiger partial charge in [0.1, 0.15) is 0 Å².